The molecular weight excluding hydrogens is 300 g/mol. The maximum atomic E-state index is 13.0. The van der Waals surface area contributed by atoms with Gasteiger partial charge in [-0.3, -0.25) is 9.59 Å². The van der Waals surface area contributed by atoms with E-state index in [1.807, 2.05) is 23.1 Å². The molecule has 0 spiro atoms. The van der Waals surface area contributed by atoms with Crippen LogP contribution in [0.15, 0.2) is 35.1 Å². The van der Waals surface area contributed by atoms with Crippen LogP contribution in [0.2, 0.25) is 0 Å². The van der Waals surface area contributed by atoms with E-state index in [2.05, 4.69) is 17.1 Å². The van der Waals surface area contributed by atoms with Crippen molar-refractivity contribution < 1.29 is 4.79 Å². The van der Waals surface area contributed by atoms with E-state index in [9.17, 15) is 9.59 Å². The topological polar surface area (TPSA) is 53.2 Å². The van der Waals surface area contributed by atoms with Gasteiger partial charge in [0.1, 0.15) is 5.56 Å². The zero-order valence-corrected chi connectivity index (χ0v) is 13.8. The number of fused-ring (bicyclic) bond motifs is 2. The molecule has 1 N–H and O–H groups in total. The fourth-order valence-corrected chi connectivity index (χ4v) is 3.88. The van der Waals surface area contributed by atoms with Gasteiger partial charge in [0.15, 0.2) is 0 Å². The Hall–Kier alpha value is -2.36. The van der Waals surface area contributed by atoms with E-state index < -0.39 is 0 Å². The molecule has 0 unspecified atom stereocenters. The Bertz CT molecular complexity index is 838. The lowest BCUT2D eigenvalue weighted by Crippen LogP contribution is -2.35. The van der Waals surface area contributed by atoms with Gasteiger partial charge in [-0.25, -0.2) is 0 Å². The molecule has 4 heteroatoms. The summed E-state index contributed by atoms with van der Waals surface area (Å²) >= 11 is 0. The number of benzene rings is 1. The number of H-pyrrole nitrogens is 1. The van der Waals surface area contributed by atoms with Crippen LogP contribution in [0.5, 0.6) is 0 Å². The molecule has 4 nitrogen and oxygen atoms in total. The Kier molecular flexibility index (Phi) is 3.97. The van der Waals surface area contributed by atoms with Crippen LogP contribution in [-0.2, 0) is 25.8 Å². The molecule has 0 saturated heterocycles. The molecule has 1 aliphatic carbocycles. The SMILES string of the molecule is O=C(c1cc2c([nH]c1=O)CCCC2)N1CCCc2ccccc2C1. The van der Waals surface area contributed by atoms with Gasteiger partial charge in [-0.1, -0.05) is 24.3 Å². The predicted molar refractivity (Wildman–Crippen MR) is 93.2 cm³/mol. The van der Waals surface area contributed by atoms with E-state index in [4.69, 9.17) is 0 Å². The van der Waals surface area contributed by atoms with Crippen molar-refractivity contribution in [1.82, 2.24) is 9.88 Å². The first-order chi connectivity index (χ1) is 11.7. The lowest BCUT2D eigenvalue weighted by molar-refractivity contribution is 0.0744. The molecule has 124 valence electrons. The van der Waals surface area contributed by atoms with Crippen molar-refractivity contribution in [3.05, 3.63) is 68.6 Å². The number of hydrogen-bond donors (Lipinski definition) is 1. The third kappa shape index (κ3) is 2.77. The Morgan fingerprint density at radius 3 is 2.58 bits per heavy atom. The fourth-order valence-electron chi connectivity index (χ4n) is 3.88. The summed E-state index contributed by atoms with van der Waals surface area (Å²) in [7, 11) is 0. The summed E-state index contributed by atoms with van der Waals surface area (Å²) in [6.07, 6.45) is 6.03. The number of nitrogens with zero attached hydrogens (tertiary/aromatic N) is 1. The van der Waals surface area contributed by atoms with E-state index in [1.165, 1.54) is 11.1 Å². The summed E-state index contributed by atoms with van der Waals surface area (Å²) < 4.78 is 0. The summed E-state index contributed by atoms with van der Waals surface area (Å²) in [5, 5.41) is 0. The van der Waals surface area contributed by atoms with Crippen molar-refractivity contribution in [2.45, 2.75) is 45.1 Å². The second-order valence-corrected chi connectivity index (χ2v) is 6.82. The number of amides is 1. The van der Waals surface area contributed by atoms with E-state index >= 15 is 0 Å². The van der Waals surface area contributed by atoms with Gasteiger partial charge in [-0.15, -0.1) is 0 Å². The number of aromatic nitrogens is 1. The second kappa shape index (κ2) is 6.27. The summed E-state index contributed by atoms with van der Waals surface area (Å²) in [6, 6.07) is 10.1. The third-order valence-corrected chi connectivity index (χ3v) is 5.21. The summed E-state index contributed by atoms with van der Waals surface area (Å²) in [5.74, 6) is -0.138. The largest absolute Gasteiger partial charge is 0.334 e. The Morgan fingerprint density at radius 1 is 0.958 bits per heavy atom. The minimum absolute atomic E-state index is 0.138. The fraction of sp³-hybridized carbons (Fsp3) is 0.400. The van der Waals surface area contributed by atoms with Crippen molar-refractivity contribution in [2.24, 2.45) is 0 Å². The summed E-state index contributed by atoms with van der Waals surface area (Å²) in [5.41, 5.74) is 4.72. The van der Waals surface area contributed by atoms with Crippen molar-refractivity contribution in [2.75, 3.05) is 6.54 Å². The molecule has 4 rings (SSSR count). The third-order valence-electron chi connectivity index (χ3n) is 5.21. The van der Waals surface area contributed by atoms with Gasteiger partial charge in [0, 0.05) is 18.8 Å². The zero-order chi connectivity index (χ0) is 16.5. The smallest absolute Gasteiger partial charge is 0.261 e. The lowest BCUT2D eigenvalue weighted by atomic mass is 9.95. The van der Waals surface area contributed by atoms with Gasteiger partial charge in [0.25, 0.3) is 11.5 Å². The highest BCUT2D eigenvalue weighted by Crippen LogP contribution is 2.22. The quantitative estimate of drug-likeness (QED) is 0.878. The molecule has 1 aromatic carbocycles. The minimum atomic E-state index is -0.238. The van der Waals surface area contributed by atoms with Crippen LogP contribution in [0.3, 0.4) is 0 Å². The van der Waals surface area contributed by atoms with Gasteiger partial charge in [0.05, 0.1) is 0 Å². The zero-order valence-electron chi connectivity index (χ0n) is 13.8. The normalized spacial score (nSPS) is 16.9. The maximum absolute atomic E-state index is 13.0. The number of hydrogen-bond acceptors (Lipinski definition) is 2. The van der Waals surface area contributed by atoms with Gasteiger partial charge >= 0.3 is 0 Å². The number of pyridine rings is 1. The molecule has 0 bridgehead atoms. The van der Waals surface area contributed by atoms with Crippen LogP contribution in [0, 0.1) is 0 Å². The first-order valence-electron chi connectivity index (χ1n) is 8.83. The standard InChI is InChI=1S/C20H22N2O2/c23-19-17(12-15-7-3-4-10-18(15)21-19)20(24)22-11-5-9-14-6-1-2-8-16(14)13-22/h1-2,6,8,12H,3-5,7,9-11,13H2,(H,21,23). The molecule has 0 atom stereocenters. The van der Waals surface area contributed by atoms with Crippen LogP contribution in [0.1, 0.15) is 52.0 Å². The molecule has 0 fully saturated rings. The molecule has 1 amide bonds. The molecule has 2 aliphatic rings. The minimum Gasteiger partial charge on any atom is -0.334 e. The molecule has 2 heterocycles. The highest BCUT2D eigenvalue weighted by atomic mass is 16.2. The monoisotopic (exact) mass is 322 g/mol. The molecular formula is C20H22N2O2. The molecule has 24 heavy (non-hydrogen) atoms. The summed E-state index contributed by atoms with van der Waals surface area (Å²) in [4.78, 5) is 30.2. The number of nitrogens with one attached hydrogen (secondary N) is 1. The Morgan fingerprint density at radius 2 is 1.71 bits per heavy atom. The highest BCUT2D eigenvalue weighted by Gasteiger charge is 2.24. The molecule has 0 saturated carbocycles. The predicted octanol–water partition coefficient (Wildman–Crippen LogP) is 2.84. The first-order valence-corrected chi connectivity index (χ1v) is 8.83. The van der Waals surface area contributed by atoms with Gasteiger partial charge in [-0.05, 0) is 61.3 Å². The number of rotatable bonds is 1. The Balaban J connectivity index is 1.65. The average molecular weight is 322 g/mol. The number of carbonyl (C=O) groups excluding carboxylic acids is 1. The lowest BCUT2D eigenvalue weighted by Gasteiger charge is -2.22. The van der Waals surface area contributed by atoms with E-state index in [0.717, 1.165) is 49.8 Å². The first kappa shape index (κ1) is 15.2. The van der Waals surface area contributed by atoms with Crippen LogP contribution < -0.4 is 5.56 Å². The van der Waals surface area contributed by atoms with Crippen molar-refractivity contribution in [3.8, 4) is 0 Å². The van der Waals surface area contributed by atoms with E-state index in [-0.39, 0.29) is 11.5 Å². The molecule has 2 aromatic rings. The average Bonchev–Trinajstić information content (AvgIpc) is 2.83. The summed E-state index contributed by atoms with van der Waals surface area (Å²) in [6.45, 7) is 1.29. The number of aromatic amines is 1. The van der Waals surface area contributed by atoms with Crippen LogP contribution in [-0.4, -0.2) is 22.3 Å². The van der Waals surface area contributed by atoms with Crippen molar-refractivity contribution in [1.29, 1.82) is 0 Å². The molecule has 0 radical (unpaired) electrons. The van der Waals surface area contributed by atoms with E-state index in [1.54, 1.807) is 0 Å². The van der Waals surface area contributed by atoms with E-state index in [0.29, 0.717) is 18.7 Å². The molecule has 1 aromatic heterocycles. The van der Waals surface area contributed by atoms with Crippen LogP contribution >= 0.6 is 0 Å². The van der Waals surface area contributed by atoms with Crippen molar-refractivity contribution >= 4 is 5.91 Å². The van der Waals surface area contributed by atoms with Crippen LogP contribution in [0.4, 0.5) is 0 Å². The highest BCUT2D eigenvalue weighted by molar-refractivity contribution is 5.94. The second-order valence-electron chi connectivity index (χ2n) is 6.82. The number of carbonyl (C=O) groups is 1. The molecule has 1 aliphatic heterocycles. The maximum Gasteiger partial charge on any atom is 0.261 e. The van der Waals surface area contributed by atoms with Gasteiger partial charge < -0.3 is 9.88 Å². The Labute approximate surface area is 141 Å². The van der Waals surface area contributed by atoms with Gasteiger partial charge in [-0.2, -0.15) is 0 Å². The van der Waals surface area contributed by atoms with Crippen molar-refractivity contribution in [3.63, 3.8) is 0 Å². The van der Waals surface area contributed by atoms with Crippen LogP contribution in [0.25, 0.3) is 0 Å². The van der Waals surface area contributed by atoms with Gasteiger partial charge in [0.2, 0.25) is 0 Å². The number of aryl methyl sites for hydroxylation is 3.